The lowest BCUT2D eigenvalue weighted by Crippen LogP contribution is -2.49. The average Bonchev–Trinajstić information content (AvgIpc) is 3.19. The quantitative estimate of drug-likeness (QED) is 0.694. The van der Waals surface area contributed by atoms with Crippen LogP contribution in [0.5, 0.6) is 0 Å². The number of amides is 1. The zero-order valence-electron chi connectivity index (χ0n) is 13.3. The number of nitrogens with zero attached hydrogens (tertiary/aromatic N) is 7. The largest absolute Gasteiger partial charge is 0.353 e. The summed E-state index contributed by atoms with van der Waals surface area (Å²) in [7, 11) is 0. The summed E-state index contributed by atoms with van der Waals surface area (Å²) in [4.78, 5) is 32.9. The van der Waals surface area contributed by atoms with Crippen molar-refractivity contribution in [1.29, 1.82) is 0 Å². The van der Waals surface area contributed by atoms with Crippen LogP contribution >= 0.6 is 0 Å². The minimum Gasteiger partial charge on any atom is -0.353 e. The van der Waals surface area contributed by atoms with Gasteiger partial charge in [0.25, 0.3) is 0 Å². The molecule has 0 N–H and O–H groups in total. The summed E-state index contributed by atoms with van der Waals surface area (Å²) in [6, 6.07) is 5.79. The molecular weight excluding hydrogens is 322 g/mol. The van der Waals surface area contributed by atoms with E-state index in [-0.39, 0.29) is 17.6 Å². The fourth-order valence-corrected chi connectivity index (χ4v) is 2.64. The predicted octanol–water partition coefficient (Wildman–Crippen LogP) is 0.884. The van der Waals surface area contributed by atoms with Crippen LogP contribution in [0.3, 0.4) is 0 Å². The molecule has 126 valence electrons. The highest BCUT2D eigenvalue weighted by Crippen LogP contribution is 2.16. The zero-order valence-corrected chi connectivity index (χ0v) is 13.3. The molecule has 0 atom stereocenters. The summed E-state index contributed by atoms with van der Waals surface area (Å²) in [5.41, 5.74) is 0.463. The third-order valence-electron chi connectivity index (χ3n) is 3.94. The van der Waals surface area contributed by atoms with Gasteiger partial charge in [0, 0.05) is 44.8 Å². The number of carbonyl (C=O) groups is 1. The fourth-order valence-electron chi connectivity index (χ4n) is 2.64. The molecule has 0 unspecified atom stereocenters. The third kappa shape index (κ3) is 3.16. The van der Waals surface area contributed by atoms with Gasteiger partial charge in [0.2, 0.25) is 5.82 Å². The van der Waals surface area contributed by atoms with Crippen LogP contribution in [-0.4, -0.2) is 62.1 Å². The lowest BCUT2D eigenvalue weighted by molar-refractivity contribution is 0.0696. The van der Waals surface area contributed by atoms with E-state index in [4.69, 9.17) is 4.52 Å². The summed E-state index contributed by atoms with van der Waals surface area (Å²) < 4.78 is 5.10. The first-order valence-corrected chi connectivity index (χ1v) is 7.86. The Kier molecular flexibility index (Phi) is 4.03. The molecule has 0 bridgehead atoms. The van der Waals surface area contributed by atoms with Gasteiger partial charge in [0.15, 0.2) is 0 Å². The number of pyridine rings is 1. The number of hydrogen-bond acceptors (Lipinski definition) is 8. The number of anilines is 1. The standard InChI is InChI=1S/C16H15N7O2/c24-16(15-20-14(21-25-15)12-11-17-5-6-18-12)23-9-7-22(8-10-23)13-3-1-2-4-19-13/h1-6,11H,7-10H2. The van der Waals surface area contributed by atoms with Crippen LogP contribution < -0.4 is 4.90 Å². The van der Waals surface area contributed by atoms with Gasteiger partial charge in [-0.05, 0) is 12.1 Å². The Labute approximate surface area is 143 Å². The maximum absolute atomic E-state index is 12.5. The van der Waals surface area contributed by atoms with Crippen molar-refractivity contribution >= 4 is 11.7 Å². The molecule has 4 heterocycles. The molecule has 1 fully saturated rings. The number of rotatable bonds is 3. The summed E-state index contributed by atoms with van der Waals surface area (Å²) in [6.07, 6.45) is 6.37. The number of hydrogen-bond donors (Lipinski definition) is 0. The lowest BCUT2D eigenvalue weighted by Gasteiger charge is -2.34. The van der Waals surface area contributed by atoms with Crippen molar-refractivity contribution in [1.82, 2.24) is 30.0 Å². The van der Waals surface area contributed by atoms with Crippen molar-refractivity contribution in [2.45, 2.75) is 0 Å². The molecule has 0 spiro atoms. The van der Waals surface area contributed by atoms with Crippen LogP contribution in [0.1, 0.15) is 10.7 Å². The molecule has 0 aliphatic carbocycles. The fraction of sp³-hybridized carbons (Fsp3) is 0.250. The number of carbonyl (C=O) groups excluding carboxylic acids is 1. The zero-order chi connectivity index (χ0) is 17.1. The van der Waals surface area contributed by atoms with Crippen LogP contribution in [0, 0.1) is 0 Å². The van der Waals surface area contributed by atoms with E-state index < -0.39 is 0 Å². The summed E-state index contributed by atoms with van der Waals surface area (Å²) in [5, 5.41) is 3.81. The maximum Gasteiger partial charge on any atom is 0.316 e. The van der Waals surface area contributed by atoms with Gasteiger partial charge in [0.1, 0.15) is 11.5 Å². The SMILES string of the molecule is O=C(c1nc(-c2cnccn2)no1)N1CCN(c2ccccn2)CC1. The van der Waals surface area contributed by atoms with Crippen LogP contribution in [0.25, 0.3) is 11.5 Å². The van der Waals surface area contributed by atoms with Gasteiger partial charge >= 0.3 is 11.8 Å². The van der Waals surface area contributed by atoms with Gasteiger partial charge in [-0.15, -0.1) is 0 Å². The molecule has 9 heteroatoms. The Hall–Kier alpha value is -3.36. The third-order valence-corrected chi connectivity index (χ3v) is 3.94. The van der Waals surface area contributed by atoms with Gasteiger partial charge < -0.3 is 14.3 Å². The summed E-state index contributed by atoms with van der Waals surface area (Å²) in [6.45, 7) is 2.54. The van der Waals surface area contributed by atoms with Crippen molar-refractivity contribution in [2.24, 2.45) is 0 Å². The Morgan fingerprint density at radius 3 is 2.64 bits per heavy atom. The molecule has 1 amide bonds. The first-order chi connectivity index (χ1) is 12.3. The van der Waals surface area contributed by atoms with Gasteiger partial charge in [-0.25, -0.2) is 9.97 Å². The van der Waals surface area contributed by atoms with E-state index >= 15 is 0 Å². The molecule has 3 aromatic heterocycles. The molecular formula is C16H15N7O2. The Bertz CT molecular complexity index is 845. The topological polar surface area (TPSA) is 101 Å². The molecule has 1 aliphatic heterocycles. The van der Waals surface area contributed by atoms with E-state index in [0.29, 0.717) is 31.9 Å². The van der Waals surface area contributed by atoms with Crippen molar-refractivity contribution < 1.29 is 9.32 Å². The minimum absolute atomic E-state index is 0.0352. The predicted molar refractivity (Wildman–Crippen MR) is 87.7 cm³/mol. The van der Waals surface area contributed by atoms with Crippen molar-refractivity contribution in [3.8, 4) is 11.5 Å². The number of piperazine rings is 1. The molecule has 1 aliphatic rings. The molecule has 0 radical (unpaired) electrons. The molecule has 0 saturated carbocycles. The van der Waals surface area contributed by atoms with Crippen LogP contribution in [0.4, 0.5) is 5.82 Å². The van der Waals surface area contributed by atoms with Crippen molar-refractivity contribution in [3.63, 3.8) is 0 Å². The van der Waals surface area contributed by atoms with Gasteiger partial charge in [-0.3, -0.25) is 9.78 Å². The molecule has 1 saturated heterocycles. The minimum atomic E-state index is -0.275. The van der Waals surface area contributed by atoms with E-state index in [1.54, 1.807) is 17.3 Å². The first-order valence-electron chi connectivity index (χ1n) is 7.86. The summed E-state index contributed by atoms with van der Waals surface area (Å²) in [5.74, 6) is 0.858. The molecule has 0 aromatic carbocycles. The maximum atomic E-state index is 12.5. The highest BCUT2D eigenvalue weighted by atomic mass is 16.5. The van der Waals surface area contributed by atoms with Crippen LogP contribution in [0.15, 0.2) is 47.5 Å². The van der Waals surface area contributed by atoms with Crippen LogP contribution in [0.2, 0.25) is 0 Å². The highest BCUT2D eigenvalue weighted by Gasteiger charge is 2.27. The average molecular weight is 337 g/mol. The second-order valence-electron chi connectivity index (χ2n) is 5.48. The highest BCUT2D eigenvalue weighted by molar-refractivity contribution is 5.90. The van der Waals surface area contributed by atoms with Gasteiger partial charge in [-0.2, -0.15) is 4.98 Å². The molecule has 4 rings (SSSR count). The second kappa shape index (κ2) is 6.63. The van der Waals surface area contributed by atoms with E-state index in [0.717, 1.165) is 5.82 Å². The summed E-state index contributed by atoms with van der Waals surface area (Å²) >= 11 is 0. The van der Waals surface area contributed by atoms with Gasteiger partial charge in [-0.1, -0.05) is 11.2 Å². The molecule has 9 nitrogen and oxygen atoms in total. The number of aromatic nitrogens is 5. The Morgan fingerprint density at radius 1 is 1.04 bits per heavy atom. The van der Waals surface area contributed by atoms with Crippen molar-refractivity contribution in [3.05, 3.63) is 48.9 Å². The monoisotopic (exact) mass is 337 g/mol. The smallest absolute Gasteiger partial charge is 0.316 e. The van der Waals surface area contributed by atoms with E-state index in [1.165, 1.54) is 12.4 Å². The first kappa shape index (κ1) is 15.2. The molecule has 25 heavy (non-hydrogen) atoms. The Morgan fingerprint density at radius 2 is 1.92 bits per heavy atom. The molecule has 3 aromatic rings. The lowest BCUT2D eigenvalue weighted by atomic mass is 10.3. The second-order valence-corrected chi connectivity index (χ2v) is 5.48. The van der Waals surface area contributed by atoms with Crippen LogP contribution in [-0.2, 0) is 0 Å². The van der Waals surface area contributed by atoms with E-state index in [9.17, 15) is 4.79 Å². The Balaban J connectivity index is 1.42. The van der Waals surface area contributed by atoms with E-state index in [1.807, 2.05) is 18.2 Å². The normalized spacial score (nSPS) is 14.6. The van der Waals surface area contributed by atoms with Crippen molar-refractivity contribution in [2.75, 3.05) is 31.1 Å². The van der Waals surface area contributed by atoms with Gasteiger partial charge in [0.05, 0.1) is 6.20 Å². The van der Waals surface area contributed by atoms with E-state index in [2.05, 4.69) is 30.0 Å².